The van der Waals surface area contributed by atoms with Crippen LogP contribution in [0, 0.1) is 0 Å². The maximum absolute atomic E-state index is 12.8. The highest BCUT2D eigenvalue weighted by molar-refractivity contribution is 6.37. The monoisotopic (exact) mass is 374 g/mol. The Morgan fingerprint density at radius 2 is 1.76 bits per heavy atom. The van der Waals surface area contributed by atoms with Crippen LogP contribution in [0.25, 0.3) is 0 Å². The zero-order valence-electron chi connectivity index (χ0n) is 13.1. The summed E-state index contributed by atoms with van der Waals surface area (Å²) in [6.45, 7) is 0. The van der Waals surface area contributed by atoms with Gasteiger partial charge in [0.25, 0.3) is 0 Å². The third-order valence-electron chi connectivity index (χ3n) is 3.50. The van der Waals surface area contributed by atoms with E-state index in [-0.39, 0.29) is 22.0 Å². The van der Waals surface area contributed by atoms with Crippen molar-refractivity contribution in [2.24, 2.45) is 7.05 Å². The molecule has 0 saturated heterocycles. The number of esters is 1. The number of rotatable bonds is 4. The van der Waals surface area contributed by atoms with Gasteiger partial charge in [-0.25, -0.2) is 9.48 Å². The average Bonchev–Trinajstić information content (AvgIpc) is 2.96. The number of halogens is 2. The number of carbonyl (C=O) groups excluding carboxylic acids is 2. The van der Waals surface area contributed by atoms with E-state index >= 15 is 0 Å². The first-order chi connectivity index (χ1) is 12.0. The molecule has 0 unspecified atom stereocenters. The second-order valence-electron chi connectivity index (χ2n) is 5.20. The fourth-order valence-corrected chi connectivity index (χ4v) is 2.74. The standard InChI is InChI=1S/C18H12Cl2N2O3/c1-22-17(25-18(24)11-5-3-2-4-6-11)14(10-21-22)16(23)13-8-7-12(19)9-15(13)20/h2-10H,1H3. The fraction of sp³-hybridized carbons (Fsp3) is 0.0556. The van der Waals surface area contributed by atoms with Crippen molar-refractivity contribution in [2.45, 2.75) is 0 Å². The van der Waals surface area contributed by atoms with Crippen LogP contribution < -0.4 is 4.74 Å². The van der Waals surface area contributed by atoms with Crippen molar-refractivity contribution >= 4 is 35.0 Å². The van der Waals surface area contributed by atoms with E-state index < -0.39 is 11.8 Å². The smallest absolute Gasteiger partial charge is 0.344 e. The first-order valence-electron chi connectivity index (χ1n) is 7.26. The van der Waals surface area contributed by atoms with Crippen molar-refractivity contribution in [3.63, 3.8) is 0 Å². The van der Waals surface area contributed by atoms with Gasteiger partial charge < -0.3 is 4.74 Å². The molecule has 126 valence electrons. The lowest BCUT2D eigenvalue weighted by atomic mass is 10.1. The maximum atomic E-state index is 12.8. The topological polar surface area (TPSA) is 61.2 Å². The minimum atomic E-state index is -0.583. The highest BCUT2D eigenvalue weighted by Crippen LogP contribution is 2.27. The molecule has 0 spiro atoms. The Hall–Kier alpha value is -2.63. The molecule has 0 aliphatic carbocycles. The predicted octanol–water partition coefficient (Wildman–Crippen LogP) is 4.18. The SMILES string of the molecule is Cn1ncc(C(=O)c2ccc(Cl)cc2Cl)c1OC(=O)c1ccccc1. The third kappa shape index (κ3) is 3.57. The number of aryl methyl sites for hydroxylation is 1. The largest absolute Gasteiger partial charge is 0.403 e. The van der Waals surface area contributed by atoms with Gasteiger partial charge in [0.1, 0.15) is 5.56 Å². The lowest BCUT2D eigenvalue weighted by Gasteiger charge is -2.08. The van der Waals surface area contributed by atoms with Crippen molar-refractivity contribution in [1.82, 2.24) is 9.78 Å². The van der Waals surface area contributed by atoms with Gasteiger partial charge in [-0.2, -0.15) is 5.10 Å². The van der Waals surface area contributed by atoms with Gasteiger partial charge >= 0.3 is 5.97 Å². The van der Waals surface area contributed by atoms with Gasteiger partial charge in [-0.3, -0.25) is 4.79 Å². The average molecular weight is 375 g/mol. The van der Waals surface area contributed by atoms with Crippen LogP contribution in [0.3, 0.4) is 0 Å². The summed E-state index contributed by atoms with van der Waals surface area (Å²) in [5.74, 6) is -0.948. The molecule has 0 aliphatic heterocycles. The Morgan fingerprint density at radius 3 is 2.44 bits per heavy atom. The van der Waals surface area contributed by atoms with Crippen molar-refractivity contribution in [1.29, 1.82) is 0 Å². The van der Waals surface area contributed by atoms with E-state index in [0.29, 0.717) is 10.6 Å². The van der Waals surface area contributed by atoms with Crippen LogP contribution in [0.15, 0.2) is 54.7 Å². The maximum Gasteiger partial charge on any atom is 0.344 e. The van der Waals surface area contributed by atoms with E-state index in [0.717, 1.165) is 0 Å². The fourth-order valence-electron chi connectivity index (χ4n) is 2.24. The molecule has 0 aliphatic rings. The van der Waals surface area contributed by atoms with Crippen LogP contribution in [0.2, 0.25) is 10.0 Å². The zero-order valence-corrected chi connectivity index (χ0v) is 14.6. The van der Waals surface area contributed by atoms with Crippen molar-refractivity contribution in [3.8, 4) is 5.88 Å². The third-order valence-corrected chi connectivity index (χ3v) is 4.05. The summed E-state index contributed by atoms with van der Waals surface area (Å²) in [5, 5.41) is 4.64. The molecular formula is C18H12Cl2N2O3. The highest BCUT2D eigenvalue weighted by Gasteiger charge is 2.23. The molecular weight excluding hydrogens is 363 g/mol. The molecule has 1 heterocycles. The summed E-state index contributed by atoms with van der Waals surface area (Å²) in [6, 6.07) is 13.0. The highest BCUT2D eigenvalue weighted by atomic mass is 35.5. The number of ketones is 1. The number of ether oxygens (including phenoxy) is 1. The van der Waals surface area contributed by atoms with Gasteiger partial charge in [-0.1, -0.05) is 41.4 Å². The molecule has 0 fully saturated rings. The lowest BCUT2D eigenvalue weighted by molar-refractivity contribution is 0.0718. The number of nitrogens with zero attached hydrogens (tertiary/aromatic N) is 2. The van der Waals surface area contributed by atoms with Crippen LogP contribution in [0.4, 0.5) is 0 Å². The molecule has 0 bridgehead atoms. The van der Waals surface area contributed by atoms with Crippen LogP contribution >= 0.6 is 23.2 Å². The number of hydrogen-bond donors (Lipinski definition) is 0. The second-order valence-corrected chi connectivity index (χ2v) is 6.04. The minimum Gasteiger partial charge on any atom is -0.403 e. The van der Waals surface area contributed by atoms with Gasteiger partial charge in [0.2, 0.25) is 11.7 Å². The molecule has 0 atom stereocenters. The molecule has 25 heavy (non-hydrogen) atoms. The van der Waals surface area contributed by atoms with Gasteiger partial charge in [-0.05, 0) is 30.3 Å². The summed E-state index contributed by atoms with van der Waals surface area (Å²) >= 11 is 12.0. The molecule has 5 nitrogen and oxygen atoms in total. The second kappa shape index (κ2) is 7.09. The molecule has 2 aromatic carbocycles. The molecule has 0 N–H and O–H groups in total. The van der Waals surface area contributed by atoms with Gasteiger partial charge in [0.15, 0.2) is 0 Å². The Morgan fingerprint density at radius 1 is 1.04 bits per heavy atom. The first kappa shape index (κ1) is 17.2. The Balaban J connectivity index is 1.94. The molecule has 0 amide bonds. The van der Waals surface area contributed by atoms with Gasteiger partial charge in [0.05, 0.1) is 16.8 Å². The van der Waals surface area contributed by atoms with Crippen LogP contribution in [-0.4, -0.2) is 21.5 Å². The van der Waals surface area contributed by atoms with Crippen LogP contribution in [-0.2, 0) is 7.05 Å². The van der Waals surface area contributed by atoms with E-state index in [1.165, 1.54) is 23.0 Å². The van der Waals surface area contributed by atoms with E-state index in [1.807, 2.05) is 0 Å². The summed E-state index contributed by atoms with van der Waals surface area (Å²) in [7, 11) is 1.58. The summed E-state index contributed by atoms with van der Waals surface area (Å²) in [6.07, 6.45) is 1.33. The molecule has 3 aromatic rings. The Labute approximate surface area is 153 Å². The quantitative estimate of drug-likeness (QED) is 0.507. The summed E-state index contributed by atoms with van der Waals surface area (Å²) < 4.78 is 6.70. The normalized spacial score (nSPS) is 10.5. The van der Waals surface area contributed by atoms with E-state index in [2.05, 4.69) is 5.10 Å². The van der Waals surface area contributed by atoms with Crippen LogP contribution in [0.1, 0.15) is 26.3 Å². The molecule has 0 radical (unpaired) electrons. The number of benzene rings is 2. The van der Waals surface area contributed by atoms with E-state index in [1.54, 1.807) is 43.4 Å². The first-order valence-corrected chi connectivity index (χ1v) is 8.02. The number of carbonyl (C=O) groups is 2. The van der Waals surface area contributed by atoms with Crippen molar-refractivity contribution in [2.75, 3.05) is 0 Å². The lowest BCUT2D eigenvalue weighted by Crippen LogP contribution is -2.13. The Kier molecular flexibility index (Phi) is 4.88. The predicted molar refractivity (Wildman–Crippen MR) is 94.5 cm³/mol. The number of aromatic nitrogens is 2. The van der Waals surface area contributed by atoms with Crippen molar-refractivity contribution < 1.29 is 14.3 Å². The van der Waals surface area contributed by atoms with Crippen molar-refractivity contribution in [3.05, 3.63) is 81.5 Å². The van der Waals surface area contributed by atoms with Gasteiger partial charge in [-0.15, -0.1) is 0 Å². The summed E-state index contributed by atoms with van der Waals surface area (Å²) in [4.78, 5) is 25.0. The minimum absolute atomic E-state index is 0.0462. The van der Waals surface area contributed by atoms with Crippen LogP contribution in [0.5, 0.6) is 5.88 Å². The number of hydrogen-bond acceptors (Lipinski definition) is 4. The molecule has 0 saturated carbocycles. The Bertz CT molecular complexity index is 952. The molecule has 3 rings (SSSR count). The van der Waals surface area contributed by atoms with Gasteiger partial charge in [0, 0.05) is 17.6 Å². The summed E-state index contributed by atoms with van der Waals surface area (Å²) in [5.41, 5.74) is 0.749. The van der Waals surface area contributed by atoms with E-state index in [4.69, 9.17) is 27.9 Å². The molecule has 7 heteroatoms. The van der Waals surface area contributed by atoms with E-state index in [9.17, 15) is 9.59 Å². The molecule has 1 aromatic heterocycles. The zero-order chi connectivity index (χ0) is 18.0.